The first-order valence-corrected chi connectivity index (χ1v) is 7.87. The topological polar surface area (TPSA) is 47.0 Å². The molecule has 1 N–H and O–H groups in total. The monoisotopic (exact) mass is 327 g/mol. The number of halogens is 1. The van der Waals surface area contributed by atoms with Crippen LogP contribution in [0, 0.1) is 0 Å². The number of nitrogens with zero attached hydrogens (tertiary/aromatic N) is 2. The standard InChI is InChI=1S/C18H18ClN3O/c1-23-10-9-20-18-15-8-7-14(19)12-16(15)21-17(22-18)11-13-5-3-2-4-6-13/h2-8,12H,9-11H2,1H3,(H,20,21,22). The zero-order chi connectivity index (χ0) is 16.1. The number of fused-ring (bicyclic) bond motifs is 1. The first kappa shape index (κ1) is 15.7. The van der Waals surface area contributed by atoms with Crippen molar-refractivity contribution in [2.24, 2.45) is 0 Å². The Morgan fingerprint density at radius 1 is 1.09 bits per heavy atom. The van der Waals surface area contributed by atoms with Crippen LogP contribution in [0.4, 0.5) is 5.82 Å². The van der Waals surface area contributed by atoms with Gasteiger partial charge in [-0.2, -0.15) is 0 Å². The zero-order valence-corrected chi connectivity index (χ0v) is 13.7. The second kappa shape index (κ2) is 7.40. The minimum atomic E-state index is 0.618. The van der Waals surface area contributed by atoms with Gasteiger partial charge in [0.05, 0.1) is 12.1 Å². The molecule has 0 aliphatic carbocycles. The van der Waals surface area contributed by atoms with Crippen LogP contribution in [0.15, 0.2) is 48.5 Å². The summed E-state index contributed by atoms with van der Waals surface area (Å²) in [6.07, 6.45) is 0.683. The Hall–Kier alpha value is -2.17. The molecule has 0 aliphatic rings. The number of aromatic nitrogens is 2. The fraction of sp³-hybridized carbons (Fsp3) is 0.222. The average Bonchev–Trinajstić information content (AvgIpc) is 2.55. The van der Waals surface area contributed by atoms with Crippen LogP contribution < -0.4 is 5.32 Å². The SMILES string of the molecule is COCCNc1nc(Cc2ccccc2)nc2cc(Cl)ccc12. The number of anilines is 1. The summed E-state index contributed by atoms with van der Waals surface area (Å²) in [5.74, 6) is 1.58. The first-order chi connectivity index (χ1) is 11.3. The summed E-state index contributed by atoms with van der Waals surface area (Å²) < 4.78 is 5.09. The predicted octanol–water partition coefficient (Wildman–Crippen LogP) is 3.93. The second-order valence-electron chi connectivity index (χ2n) is 5.23. The Bertz CT molecular complexity index is 793. The third-order valence-corrected chi connectivity index (χ3v) is 3.74. The molecule has 23 heavy (non-hydrogen) atoms. The van der Waals surface area contributed by atoms with E-state index >= 15 is 0 Å². The average molecular weight is 328 g/mol. The third-order valence-electron chi connectivity index (χ3n) is 3.51. The van der Waals surface area contributed by atoms with Gasteiger partial charge in [0.15, 0.2) is 0 Å². The molecule has 4 nitrogen and oxygen atoms in total. The highest BCUT2D eigenvalue weighted by Crippen LogP contribution is 2.24. The fourth-order valence-electron chi connectivity index (χ4n) is 2.41. The number of hydrogen-bond donors (Lipinski definition) is 1. The van der Waals surface area contributed by atoms with Gasteiger partial charge < -0.3 is 10.1 Å². The number of rotatable bonds is 6. The quantitative estimate of drug-likeness (QED) is 0.697. The number of nitrogens with one attached hydrogen (secondary N) is 1. The lowest BCUT2D eigenvalue weighted by Gasteiger charge is -2.11. The van der Waals surface area contributed by atoms with Gasteiger partial charge in [-0.05, 0) is 23.8 Å². The van der Waals surface area contributed by atoms with E-state index in [1.165, 1.54) is 5.56 Å². The molecule has 0 radical (unpaired) electrons. The van der Waals surface area contributed by atoms with Gasteiger partial charge in [-0.15, -0.1) is 0 Å². The molecule has 0 amide bonds. The van der Waals surface area contributed by atoms with E-state index < -0.39 is 0 Å². The summed E-state index contributed by atoms with van der Waals surface area (Å²) in [5, 5.41) is 4.95. The molecule has 0 bridgehead atoms. The molecule has 118 valence electrons. The fourth-order valence-corrected chi connectivity index (χ4v) is 2.58. The maximum atomic E-state index is 6.11. The molecule has 1 aromatic heterocycles. The van der Waals surface area contributed by atoms with Crippen LogP contribution in [-0.4, -0.2) is 30.2 Å². The van der Waals surface area contributed by atoms with E-state index in [-0.39, 0.29) is 0 Å². The molecule has 0 unspecified atom stereocenters. The minimum absolute atomic E-state index is 0.618. The molecular formula is C18H18ClN3O. The van der Waals surface area contributed by atoms with E-state index in [1.54, 1.807) is 7.11 Å². The highest BCUT2D eigenvalue weighted by molar-refractivity contribution is 6.31. The Morgan fingerprint density at radius 2 is 1.91 bits per heavy atom. The van der Waals surface area contributed by atoms with E-state index in [1.807, 2.05) is 36.4 Å². The van der Waals surface area contributed by atoms with Crippen LogP contribution in [0.1, 0.15) is 11.4 Å². The van der Waals surface area contributed by atoms with Crippen molar-refractivity contribution < 1.29 is 4.74 Å². The Morgan fingerprint density at radius 3 is 2.70 bits per heavy atom. The van der Waals surface area contributed by atoms with Crippen LogP contribution >= 0.6 is 11.6 Å². The van der Waals surface area contributed by atoms with Gasteiger partial charge in [0.1, 0.15) is 11.6 Å². The summed E-state index contributed by atoms with van der Waals surface area (Å²) >= 11 is 6.11. The second-order valence-corrected chi connectivity index (χ2v) is 5.67. The van der Waals surface area contributed by atoms with Crippen LogP contribution in [0.25, 0.3) is 10.9 Å². The maximum absolute atomic E-state index is 6.11. The molecule has 2 aromatic carbocycles. The van der Waals surface area contributed by atoms with E-state index in [0.717, 1.165) is 22.5 Å². The highest BCUT2D eigenvalue weighted by Gasteiger charge is 2.09. The van der Waals surface area contributed by atoms with Gasteiger partial charge >= 0.3 is 0 Å². The molecule has 0 spiro atoms. The summed E-state index contributed by atoms with van der Waals surface area (Å²) in [6.45, 7) is 1.31. The summed E-state index contributed by atoms with van der Waals surface area (Å²) in [6, 6.07) is 15.9. The van der Waals surface area contributed by atoms with E-state index in [9.17, 15) is 0 Å². The molecule has 1 heterocycles. The van der Waals surface area contributed by atoms with Crippen LogP contribution in [-0.2, 0) is 11.2 Å². The van der Waals surface area contributed by atoms with Crippen LogP contribution in [0.2, 0.25) is 5.02 Å². The van der Waals surface area contributed by atoms with Gasteiger partial charge in [-0.25, -0.2) is 9.97 Å². The molecule has 0 saturated heterocycles. The summed E-state index contributed by atoms with van der Waals surface area (Å²) in [4.78, 5) is 9.33. The molecule has 0 fully saturated rings. The van der Waals surface area contributed by atoms with Crippen LogP contribution in [0.3, 0.4) is 0 Å². The zero-order valence-electron chi connectivity index (χ0n) is 12.9. The van der Waals surface area contributed by atoms with Crippen molar-refractivity contribution in [3.8, 4) is 0 Å². The van der Waals surface area contributed by atoms with Crippen molar-refractivity contribution in [3.05, 3.63) is 64.9 Å². The molecule has 3 rings (SSSR count). The van der Waals surface area contributed by atoms with Gasteiger partial charge in [-0.3, -0.25) is 0 Å². The van der Waals surface area contributed by atoms with E-state index in [0.29, 0.717) is 24.6 Å². The van der Waals surface area contributed by atoms with Crippen molar-refractivity contribution >= 4 is 28.3 Å². The molecule has 5 heteroatoms. The van der Waals surface area contributed by atoms with Crippen molar-refractivity contribution in [1.82, 2.24) is 9.97 Å². The van der Waals surface area contributed by atoms with E-state index in [2.05, 4.69) is 27.4 Å². The number of methoxy groups -OCH3 is 1. The van der Waals surface area contributed by atoms with Crippen molar-refractivity contribution in [2.75, 3.05) is 25.6 Å². The van der Waals surface area contributed by atoms with E-state index in [4.69, 9.17) is 16.3 Å². The first-order valence-electron chi connectivity index (χ1n) is 7.49. The number of ether oxygens (including phenoxy) is 1. The van der Waals surface area contributed by atoms with Gasteiger partial charge in [0.25, 0.3) is 0 Å². The molecule has 3 aromatic rings. The molecule has 0 atom stereocenters. The lowest BCUT2D eigenvalue weighted by atomic mass is 10.1. The Labute approximate surface area is 140 Å². The molecule has 0 aliphatic heterocycles. The molecule has 0 saturated carbocycles. The van der Waals surface area contributed by atoms with Crippen LogP contribution in [0.5, 0.6) is 0 Å². The smallest absolute Gasteiger partial charge is 0.137 e. The predicted molar refractivity (Wildman–Crippen MR) is 94.2 cm³/mol. The Balaban J connectivity index is 1.97. The largest absolute Gasteiger partial charge is 0.383 e. The summed E-state index contributed by atoms with van der Waals surface area (Å²) in [7, 11) is 1.68. The highest BCUT2D eigenvalue weighted by atomic mass is 35.5. The molecular weight excluding hydrogens is 310 g/mol. The van der Waals surface area contributed by atoms with Crippen molar-refractivity contribution in [3.63, 3.8) is 0 Å². The number of benzene rings is 2. The summed E-state index contributed by atoms with van der Waals surface area (Å²) in [5.41, 5.74) is 2.02. The Kier molecular flexibility index (Phi) is 5.05. The minimum Gasteiger partial charge on any atom is -0.383 e. The van der Waals surface area contributed by atoms with Gasteiger partial charge in [-0.1, -0.05) is 41.9 Å². The number of hydrogen-bond acceptors (Lipinski definition) is 4. The van der Waals surface area contributed by atoms with Gasteiger partial charge in [0.2, 0.25) is 0 Å². The lowest BCUT2D eigenvalue weighted by Crippen LogP contribution is -2.11. The van der Waals surface area contributed by atoms with Crippen molar-refractivity contribution in [1.29, 1.82) is 0 Å². The van der Waals surface area contributed by atoms with Gasteiger partial charge in [0, 0.05) is 30.5 Å². The lowest BCUT2D eigenvalue weighted by molar-refractivity contribution is 0.210. The maximum Gasteiger partial charge on any atom is 0.137 e. The van der Waals surface area contributed by atoms with Crippen molar-refractivity contribution in [2.45, 2.75) is 6.42 Å². The normalized spacial score (nSPS) is 10.9. The third kappa shape index (κ3) is 3.97.